The third kappa shape index (κ3) is 4.45. The highest BCUT2D eigenvalue weighted by atomic mass is 16.5. The topological polar surface area (TPSA) is 42.7 Å². The Morgan fingerprint density at radius 2 is 2.04 bits per heavy atom. The van der Waals surface area contributed by atoms with Crippen molar-refractivity contribution in [2.45, 2.75) is 38.3 Å². The number of benzene rings is 1. The van der Waals surface area contributed by atoms with Gasteiger partial charge in [-0.05, 0) is 43.4 Å². The standard InChI is InChI=1S/C19H23NO3/c21-19(18-11-6-14-23-18)20(15-17-10-5-13-22-17)12-4-9-16-7-2-1-3-8-16/h1-3,5,7-8,10,13,18H,4,6,9,11-12,14-15H2. The number of aryl methyl sites for hydroxylation is 1. The molecule has 1 fully saturated rings. The van der Waals surface area contributed by atoms with Gasteiger partial charge in [-0.25, -0.2) is 0 Å². The molecule has 1 aromatic heterocycles. The minimum Gasteiger partial charge on any atom is -0.467 e. The zero-order valence-electron chi connectivity index (χ0n) is 13.3. The molecule has 1 saturated heterocycles. The summed E-state index contributed by atoms with van der Waals surface area (Å²) in [6.07, 6.45) is 5.06. The molecule has 2 aromatic rings. The van der Waals surface area contributed by atoms with Gasteiger partial charge in [0, 0.05) is 13.2 Å². The van der Waals surface area contributed by atoms with Crippen molar-refractivity contribution in [3.63, 3.8) is 0 Å². The van der Waals surface area contributed by atoms with Crippen LogP contribution in [0.25, 0.3) is 0 Å². The number of carbonyl (C=O) groups excluding carboxylic acids is 1. The van der Waals surface area contributed by atoms with Crippen LogP contribution in [0.4, 0.5) is 0 Å². The molecule has 0 saturated carbocycles. The van der Waals surface area contributed by atoms with Crippen molar-refractivity contribution in [2.24, 2.45) is 0 Å². The summed E-state index contributed by atoms with van der Waals surface area (Å²) in [6.45, 7) is 1.92. The van der Waals surface area contributed by atoms with Crippen molar-refractivity contribution < 1.29 is 13.9 Å². The molecule has 0 N–H and O–H groups in total. The predicted molar refractivity (Wildman–Crippen MR) is 87.9 cm³/mol. The SMILES string of the molecule is O=C(C1CCCO1)N(CCCc1ccccc1)Cc1ccco1. The summed E-state index contributed by atoms with van der Waals surface area (Å²) in [7, 11) is 0. The summed E-state index contributed by atoms with van der Waals surface area (Å²) in [5.74, 6) is 0.906. The molecule has 23 heavy (non-hydrogen) atoms. The van der Waals surface area contributed by atoms with Crippen LogP contribution in [-0.2, 0) is 22.5 Å². The Morgan fingerprint density at radius 1 is 1.17 bits per heavy atom. The van der Waals surface area contributed by atoms with E-state index in [1.54, 1.807) is 6.26 Å². The van der Waals surface area contributed by atoms with Gasteiger partial charge in [-0.3, -0.25) is 4.79 Å². The average molecular weight is 313 g/mol. The molecule has 0 aliphatic carbocycles. The summed E-state index contributed by atoms with van der Waals surface area (Å²) in [4.78, 5) is 14.5. The van der Waals surface area contributed by atoms with E-state index in [1.165, 1.54) is 5.56 Å². The van der Waals surface area contributed by atoms with Gasteiger partial charge in [-0.1, -0.05) is 30.3 Å². The first-order chi connectivity index (χ1) is 11.3. The molecule has 1 aliphatic rings. The van der Waals surface area contributed by atoms with Crippen molar-refractivity contribution >= 4 is 5.91 Å². The minimum atomic E-state index is -0.276. The molecule has 1 atom stereocenters. The second-order valence-electron chi connectivity index (χ2n) is 5.93. The van der Waals surface area contributed by atoms with E-state index in [2.05, 4.69) is 12.1 Å². The number of hydrogen-bond donors (Lipinski definition) is 0. The summed E-state index contributed by atoms with van der Waals surface area (Å²) in [5.41, 5.74) is 1.30. The van der Waals surface area contributed by atoms with Gasteiger partial charge in [0.1, 0.15) is 11.9 Å². The van der Waals surface area contributed by atoms with Crippen LogP contribution in [0.15, 0.2) is 53.1 Å². The fraction of sp³-hybridized carbons (Fsp3) is 0.421. The van der Waals surface area contributed by atoms with Gasteiger partial charge in [0.05, 0.1) is 12.8 Å². The Balaban J connectivity index is 1.58. The van der Waals surface area contributed by atoms with Gasteiger partial charge in [0.15, 0.2) is 0 Å². The van der Waals surface area contributed by atoms with E-state index in [-0.39, 0.29) is 12.0 Å². The van der Waals surface area contributed by atoms with Crippen molar-refractivity contribution in [3.05, 3.63) is 60.1 Å². The Labute approximate surface area is 137 Å². The lowest BCUT2D eigenvalue weighted by molar-refractivity contribution is -0.141. The van der Waals surface area contributed by atoms with Crippen LogP contribution in [0.1, 0.15) is 30.6 Å². The first-order valence-corrected chi connectivity index (χ1v) is 8.29. The van der Waals surface area contributed by atoms with Gasteiger partial charge in [0.25, 0.3) is 5.91 Å². The monoisotopic (exact) mass is 313 g/mol. The number of nitrogens with zero attached hydrogens (tertiary/aromatic N) is 1. The Kier molecular flexibility index (Phi) is 5.48. The van der Waals surface area contributed by atoms with E-state index in [9.17, 15) is 4.79 Å². The molecule has 1 aliphatic heterocycles. The number of carbonyl (C=O) groups is 1. The third-order valence-electron chi connectivity index (χ3n) is 4.18. The Morgan fingerprint density at radius 3 is 2.74 bits per heavy atom. The maximum absolute atomic E-state index is 12.7. The van der Waals surface area contributed by atoms with Crippen molar-refractivity contribution in [1.29, 1.82) is 0 Å². The quantitative estimate of drug-likeness (QED) is 0.786. The third-order valence-corrected chi connectivity index (χ3v) is 4.18. The first kappa shape index (κ1) is 15.8. The van der Waals surface area contributed by atoms with Crippen molar-refractivity contribution in [2.75, 3.05) is 13.2 Å². The van der Waals surface area contributed by atoms with Gasteiger partial charge in [-0.2, -0.15) is 0 Å². The second-order valence-corrected chi connectivity index (χ2v) is 5.93. The molecule has 3 rings (SSSR count). The molecule has 4 heteroatoms. The normalized spacial score (nSPS) is 17.3. The molecular formula is C19H23NO3. The van der Waals surface area contributed by atoms with Gasteiger partial charge < -0.3 is 14.1 Å². The molecule has 1 amide bonds. The lowest BCUT2D eigenvalue weighted by atomic mass is 10.1. The first-order valence-electron chi connectivity index (χ1n) is 8.29. The molecule has 122 valence electrons. The van der Waals surface area contributed by atoms with E-state index in [0.717, 1.165) is 31.4 Å². The maximum Gasteiger partial charge on any atom is 0.252 e. The smallest absolute Gasteiger partial charge is 0.252 e. The Bertz CT molecular complexity index is 588. The second kappa shape index (κ2) is 7.97. The largest absolute Gasteiger partial charge is 0.467 e. The van der Waals surface area contributed by atoms with Crippen molar-refractivity contribution in [1.82, 2.24) is 4.90 Å². The number of hydrogen-bond acceptors (Lipinski definition) is 3. The number of ether oxygens (including phenoxy) is 1. The highest BCUT2D eigenvalue weighted by Gasteiger charge is 2.28. The number of amides is 1. The number of rotatable bonds is 7. The van der Waals surface area contributed by atoms with Gasteiger partial charge in [-0.15, -0.1) is 0 Å². The van der Waals surface area contributed by atoms with Crippen LogP contribution >= 0.6 is 0 Å². The van der Waals surface area contributed by atoms with E-state index < -0.39 is 0 Å². The fourth-order valence-electron chi connectivity index (χ4n) is 2.95. The maximum atomic E-state index is 12.7. The minimum absolute atomic E-state index is 0.0898. The van der Waals surface area contributed by atoms with Crippen LogP contribution in [0.3, 0.4) is 0 Å². The fourth-order valence-corrected chi connectivity index (χ4v) is 2.95. The lowest BCUT2D eigenvalue weighted by Gasteiger charge is -2.24. The van der Waals surface area contributed by atoms with E-state index in [1.807, 2.05) is 35.2 Å². The molecular weight excluding hydrogens is 290 g/mol. The summed E-state index contributed by atoms with van der Waals surface area (Å²) in [6, 6.07) is 14.1. The zero-order valence-corrected chi connectivity index (χ0v) is 13.3. The molecule has 2 heterocycles. The molecule has 1 aromatic carbocycles. The molecule has 0 radical (unpaired) electrons. The molecule has 0 bridgehead atoms. The molecule has 1 unspecified atom stereocenters. The van der Waals surface area contributed by atoms with Crippen molar-refractivity contribution in [3.8, 4) is 0 Å². The Hall–Kier alpha value is -2.07. The molecule has 4 nitrogen and oxygen atoms in total. The highest BCUT2D eigenvalue weighted by molar-refractivity contribution is 5.81. The number of furan rings is 1. The van der Waals surface area contributed by atoms with Crippen LogP contribution in [0.5, 0.6) is 0 Å². The zero-order chi connectivity index (χ0) is 15.9. The average Bonchev–Trinajstić information content (AvgIpc) is 3.28. The van der Waals surface area contributed by atoms with Crippen LogP contribution in [0, 0.1) is 0 Å². The summed E-state index contributed by atoms with van der Waals surface area (Å²) < 4.78 is 11.0. The highest BCUT2D eigenvalue weighted by Crippen LogP contribution is 2.17. The van der Waals surface area contributed by atoms with Gasteiger partial charge >= 0.3 is 0 Å². The summed E-state index contributed by atoms with van der Waals surface area (Å²) in [5, 5.41) is 0. The van der Waals surface area contributed by atoms with Gasteiger partial charge in [0.2, 0.25) is 0 Å². The van der Waals surface area contributed by atoms with Crippen LogP contribution < -0.4 is 0 Å². The lowest BCUT2D eigenvalue weighted by Crippen LogP contribution is -2.39. The van der Waals surface area contributed by atoms with Crippen LogP contribution in [0.2, 0.25) is 0 Å². The van der Waals surface area contributed by atoms with Crippen LogP contribution in [-0.4, -0.2) is 30.1 Å². The predicted octanol–water partition coefficient (Wildman–Crippen LogP) is 3.42. The van der Waals surface area contributed by atoms with E-state index in [4.69, 9.17) is 9.15 Å². The summed E-state index contributed by atoms with van der Waals surface area (Å²) >= 11 is 0. The van der Waals surface area contributed by atoms with E-state index >= 15 is 0 Å². The van der Waals surface area contributed by atoms with E-state index in [0.29, 0.717) is 19.7 Å². The molecule has 0 spiro atoms.